The van der Waals surface area contributed by atoms with Crippen LogP contribution in [-0.4, -0.2) is 27.5 Å². The van der Waals surface area contributed by atoms with Crippen LogP contribution >= 0.6 is 0 Å². The number of hydrogen-bond donors (Lipinski definition) is 2. The molecule has 2 rings (SSSR count). The van der Waals surface area contributed by atoms with E-state index in [9.17, 15) is 9.90 Å². The van der Waals surface area contributed by atoms with Gasteiger partial charge in [0.25, 0.3) is 0 Å². The van der Waals surface area contributed by atoms with Crippen LogP contribution in [0.5, 0.6) is 5.75 Å². The highest BCUT2D eigenvalue weighted by atomic mass is 16.3. The molecular weight excluding hydrogens is 240 g/mol. The predicted molar refractivity (Wildman–Crippen MR) is 74.6 cm³/mol. The van der Waals surface area contributed by atoms with E-state index in [0.29, 0.717) is 19.0 Å². The zero-order valence-electron chi connectivity index (χ0n) is 11.6. The van der Waals surface area contributed by atoms with Crippen LogP contribution in [0.4, 0.5) is 0 Å². The van der Waals surface area contributed by atoms with Crippen molar-refractivity contribution in [2.75, 3.05) is 0 Å². The number of hydrogen-bond acceptors (Lipinski definition) is 3. The summed E-state index contributed by atoms with van der Waals surface area (Å²) in [7, 11) is 0. The minimum Gasteiger partial charge on any atom is -0.508 e. The highest BCUT2D eigenvalue weighted by molar-refractivity contribution is 5.86. The van der Waals surface area contributed by atoms with Gasteiger partial charge in [-0.05, 0) is 43.9 Å². The minimum absolute atomic E-state index is 0.000780. The molecule has 1 atom stereocenters. The molecule has 4 nitrogen and oxygen atoms in total. The first kappa shape index (κ1) is 13.9. The lowest BCUT2D eigenvalue weighted by Gasteiger charge is -2.31. The van der Waals surface area contributed by atoms with E-state index in [2.05, 4.69) is 0 Å². The monoisotopic (exact) mass is 262 g/mol. The summed E-state index contributed by atoms with van der Waals surface area (Å²) in [4.78, 5) is 14.4. The Morgan fingerprint density at radius 3 is 2.74 bits per heavy atom. The summed E-state index contributed by atoms with van der Waals surface area (Å²) in [5.41, 5.74) is 6.20. The van der Waals surface area contributed by atoms with Gasteiger partial charge >= 0.3 is 0 Å². The third kappa shape index (κ3) is 3.26. The van der Waals surface area contributed by atoms with E-state index in [1.54, 1.807) is 25.1 Å². The van der Waals surface area contributed by atoms with E-state index in [1.165, 1.54) is 0 Å². The van der Waals surface area contributed by atoms with Gasteiger partial charge in [0.05, 0.1) is 5.54 Å². The molecule has 1 aliphatic carbocycles. The third-order valence-electron chi connectivity index (χ3n) is 3.74. The summed E-state index contributed by atoms with van der Waals surface area (Å²) in [6.45, 7) is 4.23. The third-order valence-corrected chi connectivity index (χ3v) is 3.74. The van der Waals surface area contributed by atoms with Crippen LogP contribution in [-0.2, 0) is 11.3 Å². The van der Waals surface area contributed by atoms with Crippen molar-refractivity contribution in [2.24, 2.45) is 5.73 Å². The second kappa shape index (κ2) is 5.21. The van der Waals surface area contributed by atoms with Gasteiger partial charge in [0.1, 0.15) is 5.75 Å². The molecule has 1 saturated carbocycles. The number of benzene rings is 1. The van der Waals surface area contributed by atoms with Crippen LogP contribution < -0.4 is 5.73 Å². The maximum absolute atomic E-state index is 12.5. The van der Waals surface area contributed by atoms with Crippen molar-refractivity contribution in [2.45, 2.75) is 51.2 Å². The number of amides is 1. The molecule has 1 unspecified atom stereocenters. The van der Waals surface area contributed by atoms with E-state index >= 15 is 0 Å². The van der Waals surface area contributed by atoms with Gasteiger partial charge in [0, 0.05) is 12.6 Å². The molecule has 1 aromatic rings. The van der Waals surface area contributed by atoms with E-state index in [0.717, 1.165) is 18.4 Å². The number of carbonyl (C=O) groups is 1. The molecular formula is C15H22N2O2. The Hall–Kier alpha value is -1.55. The summed E-state index contributed by atoms with van der Waals surface area (Å²) in [6.07, 6.45) is 2.71. The smallest absolute Gasteiger partial charge is 0.242 e. The maximum atomic E-state index is 12.5. The molecule has 1 aliphatic rings. The van der Waals surface area contributed by atoms with Gasteiger partial charge in [0.2, 0.25) is 5.91 Å². The normalized spacial score (nSPS) is 17.8. The number of nitrogens with zero attached hydrogens (tertiary/aromatic N) is 1. The number of aromatic hydroxyl groups is 1. The highest BCUT2D eigenvalue weighted by Crippen LogP contribution is 2.31. The Morgan fingerprint density at radius 2 is 2.21 bits per heavy atom. The Bertz CT molecular complexity index is 467. The molecule has 0 aliphatic heterocycles. The molecule has 19 heavy (non-hydrogen) atoms. The van der Waals surface area contributed by atoms with Crippen LogP contribution in [0.15, 0.2) is 24.3 Å². The maximum Gasteiger partial charge on any atom is 0.242 e. The molecule has 3 N–H and O–H groups in total. The SMILES string of the molecule is CCC(C)(N)C(=O)N(Cc1cccc(O)c1)C1CC1. The van der Waals surface area contributed by atoms with Crippen LogP contribution in [0.1, 0.15) is 38.7 Å². The van der Waals surface area contributed by atoms with Gasteiger partial charge in [-0.1, -0.05) is 19.1 Å². The van der Waals surface area contributed by atoms with Crippen molar-refractivity contribution < 1.29 is 9.90 Å². The zero-order valence-corrected chi connectivity index (χ0v) is 11.6. The van der Waals surface area contributed by atoms with E-state index < -0.39 is 5.54 Å². The quantitative estimate of drug-likeness (QED) is 0.853. The van der Waals surface area contributed by atoms with Crippen LogP contribution in [0.25, 0.3) is 0 Å². The standard InChI is InChI=1S/C15H22N2O2/c1-3-15(2,16)14(19)17(12-7-8-12)10-11-5-4-6-13(18)9-11/h4-6,9,12,18H,3,7-8,10,16H2,1-2H3. The molecule has 0 bridgehead atoms. The molecule has 1 aromatic carbocycles. The Morgan fingerprint density at radius 1 is 1.53 bits per heavy atom. The topological polar surface area (TPSA) is 66.6 Å². The van der Waals surface area contributed by atoms with Crippen LogP contribution in [0.2, 0.25) is 0 Å². The Labute approximate surface area is 114 Å². The molecule has 0 heterocycles. The molecule has 0 aromatic heterocycles. The average Bonchev–Trinajstić information content (AvgIpc) is 3.19. The van der Waals surface area contributed by atoms with Crippen molar-refractivity contribution in [3.05, 3.63) is 29.8 Å². The van der Waals surface area contributed by atoms with E-state index in [1.807, 2.05) is 17.9 Å². The minimum atomic E-state index is -0.806. The summed E-state index contributed by atoms with van der Waals surface area (Å²) in [5.74, 6) is 0.229. The van der Waals surface area contributed by atoms with Crippen molar-refractivity contribution in [3.63, 3.8) is 0 Å². The highest BCUT2D eigenvalue weighted by Gasteiger charge is 2.39. The van der Waals surface area contributed by atoms with Gasteiger partial charge in [0.15, 0.2) is 0 Å². The predicted octanol–water partition coefficient (Wildman–Crippen LogP) is 2.01. The summed E-state index contributed by atoms with van der Waals surface area (Å²) in [6, 6.07) is 7.35. The van der Waals surface area contributed by atoms with Gasteiger partial charge in [-0.3, -0.25) is 4.79 Å². The number of nitrogens with two attached hydrogens (primary N) is 1. The number of rotatable bonds is 5. The van der Waals surface area contributed by atoms with Crippen LogP contribution in [0.3, 0.4) is 0 Å². The number of phenolic OH excluding ortho intramolecular Hbond substituents is 1. The van der Waals surface area contributed by atoms with E-state index in [-0.39, 0.29) is 11.7 Å². The molecule has 104 valence electrons. The number of phenols is 1. The van der Waals surface area contributed by atoms with Gasteiger partial charge in [-0.15, -0.1) is 0 Å². The molecule has 0 radical (unpaired) electrons. The summed E-state index contributed by atoms with van der Waals surface area (Å²) >= 11 is 0. The van der Waals surface area contributed by atoms with E-state index in [4.69, 9.17) is 5.73 Å². The fourth-order valence-electron chi connectivity index (χ4n) is 2.08. The lowest BCUT2D eigenvalue weighted by Crippen LogP contribution is -2.53. The van der Waals surface area contributed by atoms with Crippen molar-refractivity contribution in [3.8, 4) is 5.75 Å². The van der Waals surface area contributed by atoms with Crippen molar-refractivity contribution in [1.29, 1.82) is 0 Å². The van der Waals surface area contributed by atoms with Crippen molar-refractivity contribution in [1.82, 2.24) is 4.90 Å². The fourth-order valence-corrected chi connectivity index (χ4v) is 2.08. The molecule has 0 spiro atoms. The Kier molecular flexibility index (Phi) is 3.80. The van der Waals surface area contributed by atoms with Crippen LogP contribution in [0, 0.1) is 0 Å². The molecule has 1 amide bonds. The van der Waals surface area contributed by atoms with Gasteiger partial charge < -0.3 is 15.7 Å². The fraction of sp³-hybridized carbons (Fsp3) is 0.533. The van der Waals surface area contributed by atoms with Gasteiger partial charge in [-0.25, -0.2) is 0 Å². The van der Waals surface area contributed by atoms with Crippen molar-refractivity contribution >= 4 is 5.91 Å². The Balaban J connectivity index is 2.15. The first-order chi connectivity index (χ1) is 8.94. The second-order valence-corrected chi connectivity index (χ2v) is 5.61. The lowest BCUT2D eigenvalue weighted by atomic mass is 9.98. The molecule has 1 fully saturated rings. The molecule has 0 saturated heterocycles. The lowest BCUT2D eigenvalue weighted by molar-refractivity contribution is -0.137. The summed E-state index contributed by atoms with van der Waals surface area (Å²) in [5, 5.41) is 9.50. The first-order valence-corrected chi connectivity index (χ1v) is 6.82. The number of carbonyl (C=O) groups excluding carboxylic acids is 1. The molecule has 4 heteroatoms. The summed E-state index contributed by atoms with van der Waals surface area (Å²) < 4.78 is 0. The first-order valence-electron chi connectivity index (χ1n) is 6.82. The zero-order chi connectivity index (χ0) is 14.0. The average molecular weight is 262 g/mol. The second-order valence-electron chi connectivity index (χ2n) is 5.61. The van der Waals surface area contributed by atoms with Gasteiger partial charge in [-0.2, -0.15) is 0 Å². The largest absolute Gasteiger partial charge is 0.508 e.